The third kappa shape index (κ3) is 4.09. The molecule has 0 spiro atoms. The van der Waals surface area contributed by atoms with Crippen LogP contribution >= 0.6 is 11.3 Å². The van der Waals surface area contributed by atoms with E-state index in [1.54, 1.807) is 0 Å². The van der Waals surface area contributed by atoms with Crippen molar-refractivity contribution in [1.29, 1.82) is 0 Å². The molecule has 0 unspecified atom stereocenters. The molecule has 2 heterocycles. The fourth-order valence-electron chi connectivity index (χ4n) is 3.26. The average Bonchev–Trinajstić information content (AvgIpc) is 3.16. The highest BCUT2D eigenvalue weighted by Crippen LogP contribution is 2.30. The minimum absolute atomic E-state index is 0.101. The van der Waals surface area contributed by atoms with Gasteiger partial charge in [0, 0.05) is 10.9 Å². The second-order valence-corrected chi connectivity index (χ2v) is 7.99. The second-order valence-electron chi connectivity index (χ2n) is 7.13. The van der Waals surface area contributed by atoms with Gasteiger partial charge >= 0.3 is 0 Å². The van der Waals surface area contributed by atoms with Crippen LogP contribution in [0.1, 0.15) is 11.1 Å². The highest BCUT2D eigenvalue weighted by molar-refractivity contribution is 7.17. The molecule has 4 rings (SSSR count). The van der Waals surface area contributed by atoms with Crippen molar-refractivity contribution < 1.29 is 9.84 Å². The number of nitrogens with zero attached hydrogens (tertiary/aromatic N) is 2. The number of aliphatic hydroxyl groups is 1. The molecule has 29 heavy (non-hydrogen) atoms. The van der Waals surface area contributed by atoms with Crippen LogP contribution < -0.4 is 10.3 Å². The molecule has 4 aromatic rings. The van der Waals surface area contributed by atoms with Crippen LogP contribution in [-0.2, 0) is 6.54 Å². The number of aliphatic hydroxyl groups excluding tert-OH is 1. The molecule has 2 aromatic carbocycles. The topological polar surface area (TPSA) is 64.3 Å². The Hall–Kier alpha value is -2.96. The van der Waals surface area contributed by atoms with Gasteiger partial charge in [-0.1, -0.05) is 42.5 Å². The molecular formula is C23H22N2O3S. The number of benzene rings is 2. The van der Waals surface area contributed by atoms with E-state index in [9.17, 15) is 9.90 Å². The van der Waals surface area contributed by atoms with Gasteiger partial charge in [-0.25, -0.2) is 4.98 Å². The Kier molecular flexibility index (Phi) is 5.47. The van der Waals surface area contributed by atoms with Gasteiger partial charge in [-0.3, -0.25) is 9.36 Å². The molecule has 6 heteroatoms. The van der Waals surface area contributed by atoms with Crippen LogP contribution in [0.5, 0.6) is 5.75 Å². The van der Waals surface area contributed by atoms with Gasteiger partial charge in [0.15, 0.2) is 0 Å². The maximum atomic E-state index is 13.1. The van der Waals surface area contributed by atoms with Crippen LogP contribution in [0.15, 0.2) is 65.0 Å². The lowest BCUT2D eigenvalue weighted by Gasteiger charge is -2.15. The quantitative estimate of drug-likeness (QED) is 0.522. The van der Waals surface area contributed by atoms with Crippen LogP contribution in [0.2, 0.25) is 0 Å². The summed E-state index contributed by atoms with van der Waals surface area (Å²) in [5.74, 6) is 0.745. The normalized spacial score (nSPS) is 12.2. The number of rotatable bonds is 6. The Morgan fingerprint density at radius 1 is 1.17 bits per heavy atom. The first-order valence-corrected chi connectivity index (χ1v) is 10.3. The van der Waals surface area contributed by atoms with Gasteiger partial charge in [-0.05, 0) is 36.6 Å². The summed E-state index contributed by atoms with van der Waals surface area (Å²) in [5.41, 5.74) is 3.80. The maximum absolute atomic E-state index is 13.1. The van der Waals surface area contributed by atoms with Gasteiger partial charge in [0.25, 0.3) is 5.56 Å². The van der Waals surface area contributed by atoms with Crippen LogP contribution in [0.3, 0.4) is 0 Å². The number of hydrogen-bond acceptors (Lipinski definition) is 5. The molecule has 2 aromatic heterocycles. The summed E-state index contributed by atoms with van der Waals surface area (Å²) in [6, 6.07) is 15.7. The number of aryl methyl sites for hydroxylation is 2. The molecule has 0 saturated carbocycles. The third-order valence-electron chi connectivity index (χ3n) is 4.83. The standard InChI is InChI=1S/C23H22N2O3S/c1-15-8-9-16(2)20(10-15)28-12-18(26)11-25-14-24-22-21(23(25)27)19(13-29-22)17-6-4-3-5-7-17/h3-10,13-14,18,26H,11-12H2,1-2H3/t18-/m1/s1. The highest BCUT2D eigenvalue weighted by Gasteiger charge is 2.15. The molecule has 1 atom stereocenters. The van der Waals surface area contributed by atoms with Crippen molar-refractivity contribution >= 4 is 21.6 Å². The molecular weight excluding hydrogens is 384 g/mol. The van der Waals surface area contributed by atoms with E-state index >= 15 is 0 Å². The maximum Gasteiger partial charge on any atom is 0.262 e. The molecule has 0 bridgehead atoms. The van der Waals surface area contributed by atoms with Gasteiger partial charge in [-0.15, -0.1) is 11.3 Å². The van der Waals surface area contributed by atoms with Crippen molar-refractivity contribution in [2.75, 3.05) is 6.61 Å². The zero-order valence-electron chi connectivity index (χ0n) is 16.3. The number of aromatic nitrogens is 2. The molecule has 148 valence electrons. The van der Waals surface area contributed by atoms with Gasteiger partial charge in [-0.2, -0.15) is 0 Å². The van der Waals surface area contributed by atoms with Crippen LogP contribution in [0.4, 0.5) is 0 Å². The molecule has 0 amide bonds. The SMILES string of the molecule is Cc1ccc(C)c(OC[C@H](O)Cn2cnc3scc(-c4ccccc4)c3c2=O)c1. The molecule has 5 nitrogen and oxygen atoms in total. The Morgan fingerprint density at radius 3 is 2.76 bits per heavy atom. The summed E-state index contributed by atoms with van der Waals surface area (Å²) in [6.07, 6.45) is 0.669. The van der Waals surface area contributed by atoms with Crippen molar-refractivity contribution in [3.63, 3.8) is 0 Å². The van der Waals surface area contributed by atoms with E-state index in [4.69, 9.17) is 4.74 Å². The Morgan fingerprint density at radius 2 is 1.97 bits per heavy atom. The van der Waals surface area contributed by atoms with Gasteiger partial charge in [0.2, 0.25) is 0 Å². The first-order valence-electron chi connectivity index (χ1n) is 9.43. The number of ether oxygens (including phenoxy) is 1. The largest absolute Gasteiger partial charge is 0.491 e. The minimum atomic E-state index is -0.828. The molecule has 0 aliphatic rings. The number of thiophene rings is 1. The predicted molar refractivity (Wildman–Crippen MR) is 117 cm³/mol. The lowest BCUT2D eigenvalue weighted by Crippen LogP contribution is -2.30. The van der Waals surface area contributed by atoms with Crippen molar-refractivity contribution in [2.45, 2.75) is 26.5 Å². The first kappa shape index (κ1) is 19.4. The predicted octanol–water partition coefficient (Wildman–Crippen LogP) is 4.18. The van der Waals surface area contributed by atoms with E-state index in [0.717, 1.165) is 28.0 Å². The average molecular weight is 407 g/mol. The van der Waals surface area contributed by atoms with E-state index in [2.05, 4.69) is 4.98 Å². The summed E-state index contributed by atoms with van der Waals surface area (Å²) in [7, 11) is 0. The fraction of sp³-hybridized carbons (Fsp3) is 0.217. The van der Waals surface area contributed by atoms with Gasteiger partial charge in [0.05, 0.1) is 18.3 Å². The molecule has 0 saturated heterocycles. The van der Waals surface area contributed by atoms with Gasteiger partial charge < -0.3 is 9.84 Å². The molecule has 1 N–H and O–H groups in total. The van der Waals surface area contributed by atoms with Crippen molar-refractivity contribution in [3.8, 4) is 16.9 Å². The summed E-state index contributed by atoms with van der Waals surface area (Å²) in [4.78, 5) is 18.2. The smallest absolute Gasteiger partial charge is 0.262 e. The van der Waals surface area contributed by atoms with E-state index in [-0.39, 0.29) is 18.7 Å². The third-order valence-corrected chi connectivity index (χ3v) is 5.71. The lowest BCUT2D eigenvalue weighted by molar-refractivity contribution is 0.0911. The first-order chi connectivity index (χ1) is 14.0. The van der Waals surface area contributed by atoms with Crippen LogP contribution in [0.25, 0.3) is 21.3 Å². The Balaban J connectivity index is 1.56. The van der Waals surface area contributed by atoms with E-state index in [1.165, 1.54) is 22.2 Å². The highest BCUT2D eigenvalue weighted by atomic mass is 32.1. The van der Waals surface area contributed by atoms with Crippen molar-refractivity contribution in [3.05, 3.63) is 81.7 Å². The second kappa shape index (κ2) is 8.19. The van der Waals surface area contributed by atoms with Crippen molar-refractivity contribution in [1.82, 2.24) is 9.55 Å². The lowest BCUT2D eigenvalue weighted by atomic mass is 10.1. The molecule has 0 aliphatic carbocycles. The zero-order valence-corrected chi connectivity index (χ0v) is 17.1. The Bertz CT molecular complexity index is 1200. The zero-order chi connectivity index (χ0) is 20.4. The molecule has 0 aliphatic heterocycles. The minimum Gasteiger partial charge on any atom is -0.491 e. The monoisotopic (exact) mass is 406 g/mol. The number of fused-ring (bicyclic) bond motifs is 1. The Labute approximate surface area is 172 Å². The van der Waals surface area contributed by atoms with E-state index in [0.29, 0.717) is 10.2 Å². The summed E-state index contributed by atoms with van der Waals surface area (Å²) in [5, 5.41) is 13.0. The number of hydrogen-bond donors (Lipinski definition) is 1. The summed E-state index contributed by atoms with van der Waals surface area (Å²) in [6.45, 7) is 4.18. The van der Waals surface area contributed by atoms with Crippen molar-refractivity contribution in [2.24, 2.45) is 0 Å². The van der Waals surface area contributed by atoms with Crippen LogP contribution in [-0.4, -0.2) is 27.4 Å². The molecule has 0 radical (unpaired) electrons. The van der Waals surface area contributed by atoms with Gasteiger partial charge in [0.1, 0.15) is 23.3 Å². The molecule has 0 fully saturated rings. The fourth-order valence-corrected chi connectivity index (χ4v) is 4.16. The summed E-state index contributed by atoms with van der Waals surface area (Å²) >= 11 is 1.45. The van der Waals surface area contributed by atoms with E-state index in [1.807, 2.05) is 67.8 Å². The van der Waals surface area contributed by atoms with E-state index < -0.39 is 6.10 Å². The summed E-state index contributed by atoms with van der Waals surface area (Å²) < 4.78 is 7.23. The van der Waals surface area contributed by atoms with Crippen LogP contribution in [0, 0.1) is 13.8 Å².